The monoisotopic (exact) mass is 219 g/mol. The van der Waals surface area contributed by atoms with Crippen LogP contribution < -0.4 is 5.73 Å². The fourth-order valence-electron chi connectivity index (χ4n) is 1.38. The van der Waals surface area contributed by atoms with E-state index in [1.165, 1.54) is 0 Å². The molecule has 0 fully saturated rings. The van der Waals surface area contributed by atoms with E-state index in [-0.39, 0.29) is 11.2 Å². The van der Waals surface area contributed by atoms with Crippen LogP contribution in [-0.2, 0) is 9.47 Å². The molecule has 3 nitrogen and oxygen atoms in total. The van der Waals surface area contributed by atoms with Crippen LogP contribution in [0.4, 0.5) is 0 Å². The van der Waals surface area contributed by atoms with Gasteiger partial charge in [-0.1, -0.05) is 13.8 Å². The Balaban J connectivity index is 4.19. The summed E-state index contributed by atoms with van der Waals surface area (Å²) in [6.45, 7) is 5.06. The zero-order valence-electron chi connectivity index (χ0n) is 10.2. The van der Waals surface area contributed by atoms with E-state index in [2.05, 4.69) is 13.8 Å². The van der Waals surface area contributed by atoms with Crippen molar-refractivity contribution in [2.24, 2.45) is 11.1 Å². The first-order valence-electron chi connectivity index (χ1n) is 5.25. The molecule has 4 heteroatoms. The van der Waals surface area contributed by atoms with Crippen molar-refractivity contribution in [3.05, 3.63) is 0 Å². The molecule has 0 radical (unpaired) electrons. The molecule has 0 spiro atoms. The van der Waals surface area contributed by atoms with Gasteiger partial charge in [-0.05, 0) is 24.4 Å². The summed E-state index contributed by atoms with van der Waals surface area (Å²) in [5, 5.41) is 0. The third kappa shape index (κ3) is 4.08. The highest BCUT2D eigenvalue weighted by Gasteiger charge is 2.29. The molecule has 0 bridgehead atoms. The third-order valence-electron chi connectivity index (χ3n) is 3.02. The first-order valence-corrected chi connectivity index (χ1v) is 6.67. The van der Waals surface area contributed by atoms with Crippen molar-refractivity contribution >= 4 is 10.2 Å². The Morgan fingerprint density at radius 1 is 1.14 bits per heavy atom. The van der Waals surface area contributed by atoms with Crippen LogP contribution in [0.15, 0.2) is 0 Å². The zero-order chi connectivity index (χ0) is 11.2. The summed E-state index contributed by atoms with van der Waals surface area (Å²) in [5.41, 5.74) is 5.87. The molecular weight excluding hydrogens is 194 g/mol. The van der Waals surface area contributed by atoms with Gasteiger partial charge in [-0.15, -0.1) is 0 Å². The maximum atomic E-state index is 5.69. The number of hydrogen-bond donors (Lipinski definition) is 1. The minimum absolute atomic E-state index is 0.180. The third-order valence-corrected chi connectivity index (χ3v) is 4.10. The van der Waals surface area contributed by atoms with Gasteiger partial charge in [0.15, 0.2) is 5.79 Å². The molecule has 0 aromatic rings. The second kappa shape index (κ2) is 5.85. The SMILES string of the molecule is COC(C[SiH3])(CCC(C)(C)CN)OC. The molecule has 14 heavy (non-hydrogen) atoms. The van der Waals surface area contributed by atoms with Gasteiger partial charge in [0.1, 0.15) is 0 Å². The van der Waals surface area contributed by atoms with Crippen molar-refractivity contribution in [3.8, 4) is 0 Å². The number of rotatable bonds is 7. The maximum absolute atomic E-state index is 5.69. The van der Waals surface area contributed by atoms with E-state index in [1.54, 1.807) is 14.2 Å². The van der Waals surface area contributed by atoms with Crippen LogP contribution in [0, 0.1) is 5.41 Å². The van der Waals surface area contributed by atoms with E-state index in [1.807, 2.05) is 0 Å². The molecule has 0 amide bonds. The Labute approximate surface area is 90.8 Å². The topological polar surface area (TPSA) is 44.5 Å². The summed E-state index contributed by atoms with van der Waals surface area (Å²) in [7, 11) is 4.52. The van der Waals surface area contributed by atoms with Crippen LogP contribution in [0.5, 0.6) is 0 Å². The lowest BCUT2D eigenvalue weighted by molar-refractivity contribution is -0.199. The molecular formula is C10H25NO2Si. The van der Waals surface area contributed by atoms with Gasteiger partial charge in [0.05, 0.1) is 0 Å². The van der Waals surface area contributed by atoms with E-state index in [9.17, 15) is 0 Å². The number of nitrogens with two attached hydrogens (primary N) is 1. The lowest BCUT2D eigenvalue weighted by Crippen LogP contribution is -2.36. The Morgan fingerprint density at radius 2 is 1.64 bits per heavy atom. The summed E-state index contributed by atoms with van der Waals surface area (Å²) in [6.07, 6.45) is 1.96. The van der Waals surface area contributed by atoms with Gasteiger partial charge in [0.2, 0.25) is 0 Å². The Hall–Kier alpha value is 0.0969. The quantitative estimate of drug-likeness (QED) is 0.502. The maximum Gasteiger partial charge on any atom is 0.164 e. The zero-order valence-corrected chi connectivity index (χ0v) is 12.2. The van der Waals surface area contributed by atoms with Crippen molar-refractivity contribution in [1.82, 2.24) is 0 Å². The fourth-order valence-corrected chi connectivity index (χ4v) is 2.31. The van der Waals surface area contributed by atoms with E-state index in [4.69, 9.17) is 15.2 Å². The highest BCUT2D eigenvalue weighted by atomic mass is 28.1. The Morgan fingerprint density at radius 3 is 1.93 bits per heavy atom. The summed E-state index contributed by atoms with van der Waals surface area (Å²) in [6, 6.07) is 1.00. The van der Waals surface area contributed by atoms with Crippen LogP contribution in [-0.4, -0.2) is 36.8 Å². The fraction of sp³-hybridized carbons (Fsp3) is 1.00. The van der Waals surface area contributed by atoms with Gasteiger partial charge in [-0.2, -0.15) is 0 Å². The van der Waals surface area contributed by atoms with Crippen LogP contribution >= 0.6 is 0 Å². The van der Waals surface area contributed by atoms with Crippen molar-refractivity contribution in [3.63, 3.8) is 0 Å². The summed E-state index contributed by atoms with van der Waals surface area (Å²) in [5.74, 6) is -0.362. The predicted molar refractivity (Wildman–Crippen MR) is 63.6 cm³/mol. The van der Waals surface area contributed by atoms with Gasteiger partial charge in [0.25, 0.3) is 0 Å². The Kier molecular flexibility index (Phi) is 5.89. The largest absolute Gasteiger partial charge is 0.354 e. The molecule has 0 rings (SSSR count). The van der Waals surface area contributed by atoms with Crippen molar-refractivity contribution < 1.29 is 9.47 Å². The van der Waals surface area contributed by atoms with E-state index in [0.717, 1.165) is 29.1 Å². The molecule has 86 valence electrons. The predicted octanol–water partition coefficient (Wildman–Crippen LogP) is 0.524. The van der Waals surface area contributed by atoms with Crippen LogP contribution in [0.1, 0.15) is 26.7 Å². The number of ether oxygens (including phenoxy) is 2. The molecule has 0 aliphatic heterocycles. The van der Waals surface area contributed by atoms with Crippen molar-refractivity contribution in [2.45, 2.75) is 38.5 Å². The standard InChI is InChI=1S/C10H25NO2Si/c1-9(2,7-11)5-6-10(8-14,12-3)13-4/h5-8,11H2,1-4,14H3. The average molecular weight is 219 g/mol. The van der Waals surface area contributed by atoms with Gasteiger partial charge < -0.3 is 15.2 Å². The summed E-state index contributed by atoms with van der Waals surface area (Å²) < 4.78 is 10.9. The molecule has 0 aromatic carbocycles. The van der Waals surface area contributed by atoms with Gasteiger partial charge in [0, 0.05) is 30.9 Å². The van der Waals surface area contributed by atoms with E-state index >= 15 is 0 Å². The second-order valence-corrected chi connectivity index (χ2v) is 5.25. The Bertz CT molecular complexity index is 150. The molecule has 0 unspecified atom stereocenters. The molecule has 0 saturated heterocycles. The smallest absolute Gasteiger partial charge is 0.164 e. The minimum atomic E-state index is -0.362. The van der Waals surface area contributed by atoms with Crippen LogP contribution in [0.2, 0.25) is 6.04 Å². The highest BCUT2D eigenvalue weighted by molar-refractivity contribution is 6.09. The lowest BCUT2D eigenvalue weighted by Gasteiger charge is -2.33. The van der Waals surface area contributed by atoms with Crippen molar-refractivity contribution in [2.75, 3.05) is 20.8 Å². The molecule has 0 aromatic heterocycles. The molecule has 0 atom stereocenters. The van der Waals surface area contributed by atoms with E-state index < -0.39 is 0 Å². The summed E-state index contributed by atoms with van der Waals surface area (Å²) >= 11 is 0. The first kappa shape index (κ1) is 14.1. The van der Waals surface area contributed by atoms with Gasteiger partial charge in [-0.3, -0.25) is 0 Å². The molecule has 0 saturated carbocycles. The summed E-state index contributed by atoms with van der Waals surface area (Å²) in [4.78, 5) is 0. The number of hydrogen-bond acceptors (Lipinski definition) is 3. The van der Waals surface area contributed by atoms with Crippen LogP contribution in [0.3, 0.4) is 0 Å². The molecule has 0 heterocycles. The van der Waals surface area contributed by atoms with Crippen molar-refractivity contribution in [1.29, 1.82) is 0 Å². The number of methoxy groups -OCH3 is 2. The molecule has 0 aliphatic carbocycles. The lowest BCUT2D eigenvalue weighted by atomic mass is 9.86. The average Bonchev–Trinajstić information content (AvgIpc) is 2.21. The van der Waals surface area contributed by atoms with Gasteiger partial charge >= 0.3 is 0 Å². The highest BCUT2D eigenvalue weighted by Crippen LogP contribution is 2.29. The molecule has 0 aliphatic rings. The van der Waals surface area contributed by atoms with E-state index in [0.29, 0.717) is 6.54 Å². The van der Waals surface area contributed by atoms with Crippen LogP contribution in [0.25, 0.3) is 0 Å². The normalized spacial score (nSPS) is 13.5. The first-order chi connectivity index (χ1) is 6.45. The van der Waals surface area contributed by atoms with Gasteiger partial charge in [-0.25, -0.2) is 0 Å². The molecule has 2 N–H and O–H groups in total. The minimum Gasteiger partial charge on any atom is -0.354 e. The second-order valence-electron chi connectivity index (χ2n) is 4.54.